The summed E-state index contributed by atoms with van der Waals surface area (Å²) in [5.74, 6) is 0.257. The molecule has 1 N–H and O–H groups in total. The van der Waals surface area contributed by atoms with Crippen molar-refractivity contribution < 1.29 is 4.79 Å². The van der Waals surface area contributed by atoms with Gasteiger partial charge in [0.05, 0.1) is 17.0 Å². The summed E-state index contributed by atoms with van der Waals surface area (Å²) in [4.78, 5) is 30.2. The van der Waals surface area contributed by atoms with Gasteiger partial charge in [0.25, 0.3) is 5.56 Å². The van der Waals surface area contributed by atoms with Crippen LogP contribution < -0.4 is 10.9 Å². The van der Waals surface area contributed by atoms with Crippen LogP contribution in [-0.2, 0) is 4.79 Å². The van der Waals surface area contributed by atoms with Gasteiger partial charge in [-0.1, -0.05) is 30.7 Å². The van der Waals surface area contributed by atoms with Crippen molar-refractivity contribution >= 4 is 39.2 Å². The van der Waals surface area contributed by atoms with Crippen molar-refractivity contribution in [2.75, 3.05) is 5.75 Å². The van der Waals surface area contributed by atoms with Crippen LogP contribution in [0.1, 0.15) is 36.8 Å². The highest BCUT2D eigenvalue weighted by Crippen LogP contribution is 2.25. The number of rotatable bonds is 5. The maximum Gasteiger partial charge on any atom is 0.276 e. The molecule has 1 aliphatic carbocycles. The van der Waals surface area contributed by atoms with E-state index in [9.17, 15) is 9.59 Å². The van der Waals surface area contributed by atoms with E-state index < -0.39 is 0 Å². The van der Waals surface area contributed by atoms with E-state index in [0.29, 0.717) is 21.4 Å². The molecule has 0 bridgehead atoms. The first-order valence-corrected chi connectivity index (χ1v) is 11.4. The summed E-state index contributed by atoms with van der Waals surface area (Å²) in [7, 11) is 0. The molecule has 0 unspecified atom stereocenters. The molecule has 1 fully saturated rings. The average molecular weight is 414 g/mol. The van der Waals surface area contributed by atoms with Gasteiger partial charge < -0.3 is 5.32 Å². The highest BCUT2D eigenvalue weighted by atomic mass is 32.2. The van der Waals surface area contributed by atoms with Crippen molar-refractivity contribution in [3.63, 3.8) is 0 Å². The lowest BCUT2D eigenvalue weighted by Gasteiger charge is -2.15. The number of thioether (sulfide) groups is 1. The molecule has 3 aromatic rings. The second-order valence-electron chi connectivity index (χ2n) is 7.35. The van der Waals surface area contributed by atoms with Gasteiger partial charge in [0.2, 0.25) is 5.91 Å². The van der Waals surface area contributed by atoms with Crippen molar-refractivity contribution in [3.05, 3.63) is 51.1 Å². The van der Waals surface area contributed by atoms with Crippen molar-refractivity contribution in [3.8, 4) is 5.69 Å². The lowest BCUT2D eigenvalue weighted by Crippen LogP contribution is -2.34. The average Bonchev–Trinajstić information content (AvgIpc) is 3.30. The van der Waals surface area contributed by atoms with Gasteiger partial charge in [-0.25, -0.2) is 4.98 Å². The van der Waals surface area contributed by atoms with E-state index in [1.165, 1.54) is 35.9 Å². The molecule has 7 heteroatoms. The number of nitrogens with one attached hydrogen (secondary N) is 1. The van der Waals surface area contributed by atoms with Gasteiger partial charge in [-0.15, -0.1) is 11.3 Å². The van der Waals surface area contributed by atoms with E-state index in [0.717, 1.165) is 29.7 Å². The Labute approximate surface area is 172 Å². The fraction of sp³-hybridized carbons (Fsp3) is 0.381. The molecule has 146 valence electrons. The normalized spacial score (nSPS) is 14.6. The van der Waals surface area contributed by atoms with Crippen molar-refractivity contribution in [2.24, 2.45) is 0 Å². The van der Waals surface area contributed by atoms with Gasteiger partial charge in [0.1, 0.15) is 4.70 Å². The van der Waals surface area contributed by atoms with Gasteiger partial charge in [-0.2, -0.15) is 0 Å². The molecule has 0 spiro atoms. The van der Waals surface area contributed by atoms with E-state index in [1.54, 1.807) is 4.57 Å². The quantitative estimate of drug-likeness (QED) is 0.503. The zero-order valence-corrected chi connectivity index (χ0v) is 17.7. The summed E-state index contributed by atoms with van der Waals surface area (Å²) in [6.45, 7) is 4.03. The molecule has 0 aliphatic heterocycles. The third-order valence-electron chi connectivity index (χ3n) is 4.97. The first-order chi connectivity index (χ1) is 13.5. The molecule has 2 aromatic heterocycles. The third-order valence-corrected chi connectivity index (χ3v) is 6.80. The fourth-order valence-electron chi connectivity index (χ4n) is 3.77. The van der Waals surface area contributed by atoms with Gasteiger partial charge in [0, 0.05) is 6.04 Å². The Balaban J connectivity index is 1.68. The number of fused-ring (bicyclic) bond motifs is 1. The summed E-state index contributed by atoms with van der Waals surface area (Å²) < 4.78 is 2.28. The summed E-state index contributed by atoms with van der Waals surface area (Å²) in [6, 6.07) is 8.20. The second kappa shape index (κ2) is 8.09. The predicted molar refractivity (Wildman–Crippen MR) is 116 cm³/mol. The number of amides is 1. The number of hydrogen-bond acceptors (Lipinski definition) is 5. The van der Waals surface area contributed by atoms with Crippen LogP contribution in [0.15, 0.2) is 39.6 Å². The van der Waals surface area contributed by atoms with Crippen LogP contribution in [0.25, 0.3) is 15.9 Å². The Morgan fingerprint density at radius 3 is 2.68 bits per heavy atom. The van der Waals surface area contributed by atoms with Crippen LogP contribution in [0.5, 0.6) is 0 Å². The molecule has 4 rings (SSSR count). The third kappa shape index (κ3) is 4.00. The Hall–Kier alpha value is -2.12. The van der Waals surface area contributed by atoms with Crippen LogP contribution in [-0.4, -0.2) is 27.3 Å². The summed E-state index contributed by atoms with van der Waals surface area (Å²) >= 11 is 2.72. The Kier molecular flexibility index (Phi) is 5.55. The minimum absolute atomic E-state index is 0.00328. The number of carbonyl (C=O) groups excluding carboxylic acids is 1. The molecular formula is C21H23N3O2S2. The predicted octanol–water partition coefficient (Wildman–Crippen LogP) is 4.21. The molecular weight excluding hydrogens is 390 g/mol. The minimum atomic E-state index is -0.0799. The second-order valence-corrected chi connectivity index (χ2v) is 9.21. The molecule has 0 atom stereocenters. The first-order valence-electron chi connectivity index (χ1n) is 9.52. The molecule has 2 heterocycles. The lowest BCUT2D eigenvalue weighted by atomic mass is 10.1. The van der Waals surface area contributed by atoms with Crippen LogP contribution in [0.3, 0.4) is 0 Å². The molecule has 1 aliphatic rings. The molecule has 1 amide bonds. The molecule has 1 saturated carbocycles. The molecule has 5 nitrogen and oxygen atoms in total. The van der Waals surface area contributed by atoms with Crippen LogP contribution >= 0.6 is 23.1 Å². The lowest BCUT2D eigenvalue weighted by molar-refractivity contribution is -0.119. The number of nitrogens with zero attached hydrogens (tertiary/aromatic N) is 2. The molecule has 0 radical (unpaired) electrons. The van der Waals surface area contributed by atoms with E-state index >= 15 is 0 Å². The fourth-order valence-corrected chi connectivity index (χ4v) is 5.35. The van der Waals surface area contributed by atoms with E-state index in [2.05, 4.69) is 11.4 Å². The van der Waals surface area contributed by atoms with Gasteiger partial charge in [0.15, 0.2) is 5.16 Å². The van der Waals surface area contributed by atoms with E-state index in [4.69, 9.17) is 4.98 Å². The standard InChI is InChI=1S/C21H23N3O2S2/c1-13-9-14(2)11-16(10-13)24-20(26)19-17(7-8-27-19)23-21(24)28-12-18(25)22-15-5-3-4-6-15/h7-11,15H,3-6,12H2,1-2H3,(H,22,25). The summed E-state index contributed by atoms with van der Waals surface area (Å²) in [5.41, 5.74) is 3.58. The minimum Gasteiger partial charge on any atom is -0.353 e. The maximum absolute atomic E-state index is 13.2. The van der Waals surface area contributed by atoms with E-state index in [1.807, 2.05) is 37.4 Å². The monoisotopic (exact) mass is 413 g/mol. The number of carbonyl (C=O) groups is 1. The molecule has 0 saturated heterocycles. The Morgan fingerprint density at radius 1 is 1.25 bits per heavy atom. The zero-order chi connectivity index (χ0) is 19.7. The maximum atomic E-state index is 13.2. The molecule has 1 aromatic carbocycles. The van der Waals surface area contributed by atoms with Crippen LogP contribution in [0, 0.1) is 13.8 Å². The van der Waals surface area contributed by atoms with Crippen LogP contribution in [0.2, 0.25) is 0 Å². The highest BCUT2D eigenvalue weighted by Gasteiger charge is 2.19. The Bertz CT molecular complexity index is 1060. The number of thiophene rings is 1. The van der Waals surface area contributed by atoms with Crippen molar-refractivity contribution in [1.29, 1.82) is 0 Å². The summed E-state index contributed by atoms with van der Waals surface area (Å²) in [5, 5.41) is 5.54. The van der Waals surface area contributed by atoms with Crippen LogP contribution in [0.4, 0.5) is 0 Å². The Morgan fingerprint density at radius 2 is 1.96 bits per heavy atom. The van der Waals surface area contributed by atoms with E-state index in [-0.39, 0.29) is 17.2 Å². The van der Waals surface area contributed by atoms with Crippen molar-refractivity contribution in [1.82, 2.24) is 14.9 Å². The number of aryl methyl sites for hydroxylation is 2. The van der Waals surface area contributed by atoms with Gasteiger partial charge >= 0.3 is 0 Å². The van der Waals surface area contributed by atoms with Crippen molar-refractivity contribution in [2.45, 2.75) is 50.7 Å². The number of hydrogen-bond donors (Lipinski definition) is 1. The highest BCUT2D eigenvalue weighted by molar-refractivity contribution is 7.99. The smallest absolute Gasteiger partial charge is 0.276 e. The SMILES string of the molecule is Cc1cc(C)cc(-n2c(SCC(=O)NC3CCCC3)nc3ccsc3c2=O)c1. The molecule has 28 heavy (non-hydrogen) atoms. The summed E-state index contributed by atoms with van der Waals surface area (Å²) in [6.07, 6.45) is 4.48. The largest absolute Gasteiger partial charge is 0.353 e. The van der Waals surface area contributed by atoms with Gasteiger partial charge in [-0.3, -0.25) is 14.2 Å². The first kappa shape index (κ1) is 19.2. The number of benzene rings is 1. The topological polar surface area (TPSA) is 64.0 Å². The van der Waals surface area contributed by atoms with Gasteiger partial charge in [-0.05, 0) is 61.4 Å². The zero-order valence-electron chi connectivity index (χ0n) is 16.0. The number of aromatic nitrogens is 2.